The number of nitrogens with zero attached hydrogens (tertiary/aromatic N) is 2. The molecule has 1 aromatic heterocycles. The van der Waals surface area contributed by atoms with Crippen LogP contribution in [0.4, 0.5) is 0 Å². The Bertz CT molecular complexity index is 240. The summed E-state index contributed by atoms with van der Waals surface area (Å²) in [6.45, 7) is 5.46. The first-order valence-electron chi connectivity index (χ1n) is 4.13. The number of aromatic nitrogens is 2. The van der Waals surface area contributed by atoms with Gasteiger partial charge in [0, 0.05) is 19.8 Å². The molecule has 0 bridgehead atoms. The summed E-state index contributed by atoms with van der Waals surface area (Å²) in [5, 5.41) is 7.51. The molecule has 1 N–H and O–H groups in total. The van der Waals surface area contributed by atoms with Crippen LogP contribution in [0.2, 0.25) is 0 Å². The summed E-state index contributed by atoms with van der Waals surface area (Å²) in [5.41, 5.74) is 1.08. The Morgan fingerprint density at radius 1 is 1.75 bits per heavy atom. The van der Waals surface area contributed by atoms with Crippen LogP contribution in [0.15, 0.2) is 24.9 Å². The Balaban J connectivity index is 2.19. The normalized spacial score (nSPS) is 10.1. The van der Waals surface area contributed by atoms with Crippen LogP contribution in [0, 0.1) is 0 Å². The molecule has 0 spiro atoms. The lowest BCUT2D eigenvalue weighted by atomic mass is 10.4. The topological polar surface area (TPSA) is 29.9 Å². The van der Waals surface area contributed by atoms with Crippen molar-refractivity contribution < 1.29 is 0 Å². The monoisotopic (exact) mass is 165 g/mol. The standard InChI is InChI=1S/C9H15N3/c1-3-4-6-10-8-9-5-7-12(2)11-9/h3,5,7,10H,1,4,6,8H2,2H3. The van der Waals surface area contributed by atoms with Gasteiger partial charge in [0.05, 0.1) is 5.69 Å². The summed E-state index contributed by atoms with van der Waals surface area (Å²) in [6, 6.07) is 2.01. The van der Waals surface area contributed by atoms with Crippen LogP contribution in [-0.2, 0) is 13.6 Å². The fraction of sp³-hybridized carbons (Fsp3) is 0.444. The Hall–Kier alpha value is -1.09. The van der Waals surface area contributed by atoms with Gasteiger partial charge >= 0.3 is 0 Å². The molecule has 0 saturated heterocycles. The third-order valence-electron chi connectivity index (χ3n) is 1.60. The van der Waals surface area contributed by atoms with Crippen LogP contribution in [-0.4, -0.2) is 16.3 Å². The van der Waals surface area contributed by atoms with Crippen molar-refractivity contribution in [2.45, 2.75) is 13.0 Å². The highest BCUT2D eigenvalue weighted by atomic mass is 15.3. The van der Waals surface area contributed by atoms with Crippen LogP contribution in [0.25, 0.3) is 0 Å². The zero-order chi connectivity index (χ0) is 8.81. The van der Waals surface area contributed by atoms with Gasteiger partial charge in [-0.3, -0.25) is 4.68 Å². The molecule has 0 radical (unpaired) electrons. The quantitative estimate of drug-likeness (QED) is 0.523. The second-order valence-electron chi connectivity index (χ2n) is 2.73. The van der Waals surface area contributed by atoms with Crippen LogP contribution in [0.5, 0.6) is 0 Å². The summed E-state index contributed by atoms with van der Waals surface area (Å²) in [6.07, 6.45) is 4.86. The van der Waals surface area contributed by atoms with Gasteiger partial charge in [-0.2, -0.15) is 5.10 Å². The number of aryl methyl sites for hydroxylation is 1. The second kappa shape index (κ2) is 4.72. The zero-order valence-corrected chi connectivity index (χ0v) is 7.45. The second-order valence-corrected chi connectivity index (χ2v) is 2.73. The fourth-order valence-corrected chi connectivity index (χ4v) is 0.978. The van der Waals surface area contributed by atoms with Crippen molar-refractivity contribution >= 4 is 0 Å². The fourth-order valence-electron chi connectivity index (χ4n) is 0.978. The molecule has 0 aliphatic rings. The van der Waals surface area contributed by atoms with E-state index in [1.54, 1.807) is 0 Å². The van der Waals surface area contributed by atoms with Crippen LogP contribution >= 0.6 is 0 Å². The molecule has 0 aliphatic heterocycles. The molecule has 66 valence electrons. The average Bonchev–Trinajstić information content (AvgIpc) is 2.45. The SMILES string of the molecule is C=CCCNCc1ccn(C)n1. The molecule has 0 saturated carbocycles. The predicted octanol–water partition coefficient (Wildman–Crippen LogP) is 1.09. The lowest BCUT2D eigenvalue weighted by Crippen LogP contribution is -2.14. The van der Waals surface area contributed by atoms with Crippen molar-refractivity contribution in [2.75, 3.05) is 6.54 Å². The predicted molar refractivity (Wildman–Crippen MR) is 49.7 cm³/mol. The summed E-state index contributed by atoms with van der Waals surface area (Å²) >= 11 is 0. The first-order valence-corrected chi connectivity index (χ1v) is 4.13. The number of hydrogen-bond acceptors (Lipinski definition) is 2. The van der Waals surface area contributed by atoms with E-state index in [0.717, 1.165) is 25.2 Å². The Labute approximate surface area is 73.1 Å². The molecule has 12 heavy (non-hydrogen) atoms. The van der Waals surface area contributed by atoms with Crippen molar-refractivity contribution in [1.82, 2.24) is 15.1 Å². The maximum absolute atomic E-state index is 4.24. The first kappa shape index (κ1) is 9.00. The van der Waals surface area contributed by atoms with Crippen molar-refractivity contribution in [3.8, 4) is 0 Å². The number of nitrogens with one attached hydrogen (secondary N) is 1. The van der Waals surface area contributed by atoms with E-state index in [1.165, 1.54) is 0 Å². The summed E-state index contributed by atoms with van der Waals surface area (Å²) in [7, 11) is 1.92. The maximum Gasteiger partial charge on any atom is 0.0762 e. The molecule has 0 aliphatic carbocycles. The van der Waals surface area contributed by atoms with Crippen LogP contribution in [0.3, 0.4) is 0 Å². The Morgan fingerprint density at radius 3 is 3.17 bits per heavy atom. The van der Waals surface area contributed by atoms with Gasteiger partial charge in [0.25, 0.3) is 0 Å². The van der Waals surface area contributed by atoms with E-state index in [2.05, 4.69) is 17.0 Å². The molecule has 3 nitrogen and oxygen atoms in total. The number of hydrogen-bond donors (Lipinski definition) is 1. The van der Waals surface area contributed by atoms with Gasteiger partial charge in [0.15, 0.2) is 0 Å². The minimum atomic E-state index is 0.842. The minimum Gasteiger partial charge on any atom is -0.311 e. The molecule has 1 rings (SSSR count). The van der Waals surface area contributed by atoms with E-state index in [4.69, 9.17) is 0 Å². The maximum atomic E-state index is 4.24. The lowest BCUT2D eigenvalue weighted by molar-refractivity contribution is 0.659. The molecule has 0 aromatic carbocycles. The third kappa shape index (κ3) is 2.88. The van der Waals surface area contributed by atoms with Gasteiger partial charge in [0.2, 0.25) is 0 Å². The molecule has 0 unspecified atom stereocenters. The van der Waals surface area contributed by atoms with E-state index in [0.29, 0.717) is 0 Å². The van der Waals surface area contributed by atoms with E-state index in [-0.39, 0.29) is 0 Å². The zero-order valence-electron chi connectivity index (χ0n) is 7.45. The van der Waals surface area contributed by atoms with Crippen molar-refractivity contribution in [3.63, 3.8) is 0 Å². The van der Waals surface area contributed by atoms with Gasteiger partial charge in [0.1, 0.15) is 0 Å². The first-order chi connectivity index (χ1) is 5.83. The summed E-state index contributed by atoms with van der Waals surface area (Å²) in [4.78, 5) is 0. The Morgan fingerprint density at radius 2 is 2.58 bits per heavy atom. The molecule has 1 heterocycles. The van der Waals surface area contributed by atoms with E-state index in [9.17, 15) is 0 Å². The molecular weight excluding hydrogens is 150 g/mol. The molecular formula is C9H15N3. The molecule has 0 atom stereocenters. The minimum absolute atomic E-state index is 0.842. The summed E-state index contributed by atoms with van der Waals surface area (Å²) in [5.74, 6) is 0. The number of rotatable bonds is 5. The largest absolute Gasteiger partial charge is 0.311 e. The average molecular weight is 165 g/mol. The van der Waals surface area contributed by atoms with Gasteiger partial charge in [-0.25, -0.2) is 0 Å². The Kier molecular flexibility index (Phi) is 3.54. The third-order valence-corrected chi connectivity index (χ3v) is 1.60. The summed E-state index contributed by atoms with van der Waals surface area (Å²) < 4.78 is 1.81. The van der Waals surface area contributed by atoms with Gasteiger partial charge < -0.3 is 5.32 Å². The highest BCUT2D eigenvalue weighted by molar-refractivity contribution is 4.97. The molecule has 0 amide bonds. The van der Waals surface area contributed by atoms with E-state index < -0.39 is 0 Å². The van der Waals surface area contributed by atoms with Crippen molar-refractivity contribution in [1.29, 1.82) is 0 Å². The van der Waals surface area contributed by atoms with E-state index in [1.807, 2.05) is 30.1 Å². The van der Waals surface area contributed by atoms with Gasteiger partial charge in [-0.1, -0.05) is 6.08 Å². The van der Waals surface area contributed by atoms with Crippen molar-refractivity contribution in [3.05, 3.63) is 30.6 Å². The smallest absolute Gasteiger partial charge is 0.0762 e. The molecule has 3 heteroatoms. The van der Waals surface area contributed by atoms with Gasteiger partial charge in [-0.15, -0.1) is 6.58 Å². The lowest BCUT2D eigenvalue weighted by Gasteiger charge is -1.98. The van der Waals surface area contributed by atoms with Crippen molar-refractivity contribution in [2.24, 2.45) is 7.05 Å². The van der Waals surface area contributed by atoms with Gasteiger partial charge in [-0.05, 0) is 19.0 Å². The highest BCUT2D eigenvalue weighted by Crippen LogP contribution is 1.92. The van der Waals surface area contributed by atoms with Crippen LogP contribution in [0.1, 0.15) is 12.1 Å². The molecule has 0 fully saturated rings. The van der Waals surface area contributed by atoms with E-state index >= 15 is 0 Å². The van der Waals surface area contributed by atoms with Crippen LogP contribution < -0.4 is 5.32 Å². The molecule has 1 aromatic rings. The highest BCUT2D eigenvalue weighted by Gasteiger charge is 1.93.